The van der Waals surface area contributed by atoms with Gasteiger partial charge in [-0.1, -0.05) is 26.0 Å². The van der Waals surface area contributed by atoms with E-state index in [0.29, 0.717) is 6.04 Å². The van der Waals surface area contributed by atoms with Gasteiger partial charge in [0.2, 0.25) is 0 Å². The third-order valence-electron chi connectivity index (χ3n) is 1.87. The first-order valence-electron chi connectivity index (χ1n) is 4.58. The minimum absolute atomic E-state index is 0. The van der Waals surface area contributed by atoms with Crippen LogP contribution >= 0.6 is 24.2 Å². The van der Waals surface area contributed by atoms with Crippen LogP contribution in [0.2, 0.25) is 0 Å². The smallest absolute Gasteiger partial charge is 0.0207 e. The Labute approximate surface area is 97.1 Å². The van der Waals surface area contributed by atoms with Crippen LogP contribution in [0.15, 0.2) is 29.2 Å². The lowest BCUT2D eigenvalue weighted by atomic mass is 10.2. The van der Waals surface area contributed by atoms with Gasteiger partial charge in [0.1, 0.15) is 0 Å². The molecule has 0 unspecified atom stereocenters. The average molecular weight is 232 g/mol. The van der Waals surface area contributed by atoms with E-state index in [9.17, 15) is 0 Å². The summed E-state index contributed by atoms with van der Waals surface area (Å²) in [6.45, 7) is 5.29. The topological polar surface area (TPSA) is 12.0 Å². The van der Waals surface area contributed by atoms with Crippen LogP contribution in [0.3, 0.4) is 0 Å². The quantitative estimate of drug-likeness (QED) is 0.798. The normalized spacial score (nSPS) is 10.0. The summed E-state index contributed by atoms with van der Waals surface area (Å²) in [5.41, 5.74) is 1.35. The van der Waals surface area contributed by atoms with Gasteiger partial charge >= 0.3 is 0 Å². The molecule has 0 atom stereocenters. The predicted molar refractivity (Wildman–Crippen MR) is 67.4 cm³/mol. The first-order chi connectivity index (χ1) is 6.22. The van der Waals surface area contributed by atoms with E-state index < -0.39 is 0 Å². The fraction of sp³-hybridized carbons (Fsp3) is 0.455. The van der Waals surface area contributed by atoms with Gasteiger partial charge in [0.15, 0.2) is 0 Å². The van der Waals surface area contributed by atoms with Crippen molar-refractivity contribution < 1.29 is 0 Å². The minimum Gasteiger partial charge on any atom is -0.310 e. The Balaban J connectivity index is 0.00000169. The molecule has 0 heterocycles. The molecule has 1 N–H and O–H groups in total. The zero-order valence-electron chi connectivity index (χ0n) is 8.91. The molecule has 0 spiro atoms. The Bertz CT molecular complexity index is 246. The van der Waals surface area contributed by atoms with Crippen LogP contribution in [0.5, 0.6) is 0 Å². The molecule has 14 heavy (non-hydrogen) atoms. The molecule has 0 amide bonds. The molecule has 0 saturated carbocycles. The number of thioether (sulfide) groups is 1. The molecule has 0 fully saturated rings. The third kappa shape index (κ3) is 4.89. The maximum Gasteiger partial charge on any atom is 0.0207 e. The van der Waals surface area contributed by atoms with Crippen molar-refractivity contribution in [2.45, 2.75) is 31.3 Å². The Morgan fingerprint density at radius 2 is 1.79 bits per heavy atom. The van der Waals surface area contributed by atoms with Crippen molar-refractivity contribution in [2.24, 2.45) is 0 Å². The molecule has 0 aromatic heterocycles. The Kier molecular flexibility index (Phi) is 7.06. The Hall–Kier alpha value is -0.180. The third-order valence-corrected chi connectivity index (χ3v) is 2.62. The second-order valence-electron chi connectivity index (χ2n) is 3.38. The zero-order chi connectivity index (χ0) is 9.68. The van der Waals surface area contributed by atoms with Crippen molar-refractivity contribution in [1.29, 1.82) is 0 Å². The summed E-state index contributed by atoms with van der Waals surface area (Å²) < 4.78 is 0. The van der Waals surface area contributed by atoms with Crippen molar-refractivity contribution in [3.8, 4) is 0 Å². The fourth-order valence-electron chi connectivity index (χ4n) is 1.07. The van der Waals surface area contributed by atoms with Gasteiger partial charge in [-0.2, -0.15) is 0 Å². The molecule has 1 rings (SSSR count). The van der Waals surface area contributed by atoms with Crippen LogP contribution < -0.4 is 5.32 Å². The lowest BCUT2D eigenvalue weighted by Gasteiger charge is -2.07. The van der Waals surface area contributed by atoms with Gasteiger partial charge in [0.05, 0.1) is 0 Å². The van der Waals surface area contributed by atoms with Crippen molar-refractivity contribution in [1.82, 2.24) is 5.32 Å². The molecule has 3 heteroatoms. The number of rotatable bonds is 4. The number of hydrogen-bond donors (Lipinski definition) is 1. The molecule has 0 radical (unpaired) electrons. The lowest BCUT2D eigenvalue weighted by Crippen LogP contribution is -2.21. The summed E-state index contributed by atoms with van der Waals surface area (Å²) in [5, 5.41) is 3.39. The maximum atomic E-state index is 3.39. The Morgan fingerprint density at radius 3 is 2.21 bits per heavy atom. The SMILES string of the molecule is CSc1ccc(CNC(C)C)cc1.Cl. The van der Waals surface area contributed by atoms with Gasteiger partial charge in [-0.05, 0) is 24.0 Å². The first kappa shape index (κ1) is 13.8. The molecule has 0 aliphatic carbocycles. The molecular formula is C11H18ClNS. The molecule has 0 saturated heterocycles. The molecular weight excluding hydrogens is 214 g/mol. The summed E-state index contributed by atoms with van der Waals surface area (Å²) in [6.07, 6.45) is 2.10. The van der Waals surface area contributed by atoms with Gasteiger partial charge in [-0.25, -0.2) is 0 Å². The molecule has 1 aromatic rings. The number of nitrogens with one attached hydrogen (secondary N) is 1. The fourth-order valence-corrected chi connectivity index (χ4v) is 1.47. The number of halogens is 1. The van der Waals surface area contributed by atoms with Crippen molar-refractivity contribution in [3.63, 3.8) is 0 Å². The Morgan fingerprint density at radius 1 is 1.21 bits per heavy atom. The monoisotopic (exact) mass is 231 g/mol. The van der Waals surface area contributed by atoms with Crippen LogP contribution in [-0.4, -0.2) is 12.3 Å². The van der Waals surface area contributed by atoms with Crippen LogP contribution in [0, 0.1) is 0 Å². The van der Waals surface area contributed by atoms with E-state index in [1.54, 1.807) is 11.8 Å². The summed E-state index contributed by atoms with van der Waals surface area (Å²) >= 11 is 1.78. The summed E-state index contributed by atoms with van der Waals surface area (Å²) in [7, 11) is 0. The second kappa shape index (κ2) is 7.16. The van der Waals surface area contributed by atoms with E-state index in [-0.39, 0.29) is 12.4 Å². The summed E-state index contributed by atoms with van der Waals surface area (Å²) in [6, 6.07) is 9.26. The largest absolute Gasteiger partial charge is 0.310 e. The molecule has 1 nitrogen and oxygen atoms in total. The van der Waals surface area contributed by atoms with Gasteiger partial charge < -0.3 is 5.32 Å². The van der Waals surface area contributed by atoms with Gasteiger partial charge in [0.25, 0.3) is 0 Å². The lowest BCUT2D eigenvalue weighted by molar-refractivity contribution is 0.588. The number of benzene rings is 1. The van der Waals surface area contributed by atoms with Crippen molar-refractivity contribution in [2.75, 3.05) is 6.26 Å². The van der Waals surface area contributed by atoms with E-state index in [2.05, 4.69) is 49.7 Å². The molecule has 0 aliphatic rings. The van der Waals surface area contributed by atoms with E-state index >= 15 is 0 Å². The molecule has 0 aliphatic heterocycles. The standard InChI is InChI=1S/C11H17NS.ClH/c1-9(2)12-8-10-4-6-11(13-3)7-5-10;/h4-7,9,12H,8H2,1-3H3;1H. The highest BCUT2D eigenvalue weighted by atomic mass is 35.5. The van der Waals surface area contributed by atoms with Gasteiger partial charge in [-0.3, -0.25) is 0 Å². The van der Waals surface area contributed by atoms with E-state index in [4.69, 9.17) is 0 Å². The number of hydrogen-bond acceptors (Lipinski definition) is 2. The van der Waals surface area contributed by atoms with Crippen molar-refractivity contribution in [3.05, 3.63) is 29.8 Å². The first-order valence-corrected chi connectivity index (χ1v) is 5.81. The highest BCUT2D eigenvalue weighted by molar-refractivity contribution is 7.98. The maximum absolute atomic E-state index is 3.39. The van der Waals surface area contributed by atoms with Crippen LogP contribution in [0.1, 0.15) is 19.4 Å². The van der Waals surface area contributed by atoms with E-state index in [1.165, 1.54) is 10.5 Å². The second-order valence-corrected chi connectivity index (χ2v) is 4.26. The molecule has 1 aromatic carbocycles. The van der Waals surface area contributed by atoms with E-state index in [1.807, 2.05) is 0 Å². The predicted octanol–water partition coefficient (Wildman–Crippen LogP) is 3.33. The molecule has 80 valence electrons. The van der Waals surface area contributed by atoms with Crippen LogP contribution in [0.25, 0.3) is 0 Å². The van der Waals surface area contributed by atoms with Gasteiger partial charge in [-0.15, -0.1) is 24.2 Å². The zero-order valence-corrected chi connectivity index (χ0v) is 10.5. The highest BCUT2D eigenvalue weighted by Gasteiger charge is 1.95. The van der Waals surface area contributed by atoms with E-state index in [0.717, 1.165) is 6.54 Å². The van der Waals surface area contributed by atoms with Gasteiger partial charge in [0, 0.05) is 17.5 Å². The summed E-state index contributed by atoms with van der Waals surface area (Å²) in [5.74, 6) is 0. The van der Waals surface area contributed by atoms with Crippen molar-refractivity contribution >= 4 is 24.2 Å². The minimum atomic E-state index is 0. The average Bonchev–Trinajstić information content (AvgIpc) is 2.15. The highest BCUT2D eigenvalue weighted by Crippen LogP contribution is 2.14. The van der Waals surface area contributed by atoms with Crippen LogP contribution in [-0.2, 0) is 6.54 Å². The molecule has 0 bridgehead atoms. The van der Waals surface area contributed by atoms with Crippen LogP contribution in [0.4, 0.5) is 0 Å². The summed E-state index contributed by atoms with van der Waals surface area (Å²) in [4.78, 5) is 1.33.